The number of carbonyl (C=O) groups is 1. The summed E-state index contributed by atoms with van der Waals surface area (Å²) in [5.41, 5.74) is -0.535. The topological polar surface area (TPSA) is 69.3 Å². The summed E-state index contributed by atoms with van der Waals surface area (Å²) in [5, 5.41) is 6.84. The van der Waals surface area contributed by atoms with E-state index in [1.807, 2.05) is 0 Å². The molecule has 0 unspecified atom stereocenters. The molecule has 166 valence electrons. The molecule has 0 saturated heterocycles. The van der Waals surface area contributed by atoms with Gasteiger partial charge in [-0.25, -0.2) is 0 Å². The zero-order valence-electron chi connectivity index (χ0n) is 16.3. The summed E-state index contributed by atoms with van der Waals surface area (Å²) >= 11 is 12.0. The summed E-state index contributed by atoms with van der Waals surface area (Å²) in [6, 6.07) is 9.07. The third-order valence-corrected chi connectivity index (χ3v) is 5.08. The van der Waals surface area contributed by atoms with Crippen molar-refractivity contribution in [2.75, 3.05) is 6.54 Å². The first-order valence-corrected chi connectivity index (χ1v) is 9.96. The van der Waals surface area contributed by atoms with Crippen LogP contribution < -0.4 is 10.1 Å². The van der Waals surface area contributed by atoms with E-state index in [1.165, 1.54) is 10.7 Å². The Balaban J connectivity index is 1.46. The SMILES string of the molecule is Cc1cc(C(F)(F)F)nn1CCCNC(=O)c1ccc(COc2cccc(Cl)c2Cl)o1. The van der Waals surface area contributed by atoms with E-state index >= 15 is 0 Å². The summed E-state index contributed by atoms with van der Waals surface area (Å²) in [4.78, 5) is 12.2. The number of amides is 1. The lowest BCUT2D eigenvalue weighted by molar-refractivity contribution is -0.141. The maximum atomic E-state index is 12.7. The number of alkyl halides is 3. The van der Waals surface area contributed by atoms with E-state index in [2.05, 4.69) is 10.4 Å². The van der Waals surface area contributed by atoms with Crippen LogP contribution in [0.2, 0.25) is 10.0 Å². The van der Waals surface area contributed by atoms with Gasteiger partial charge in [0.2, 0.25) is 0 Å². The van der Waals surface area contributed by atoms with Gasteiger partial charge in [0.15, 0.2) is 11.5 Å². The lowest BCUT2D eigenvalue weighted by atomic mass is 10.3. The van der Waals surface area contributed by atoms with E-state index in [4.69, 9.17) is 32.4 Å². The van der Waals surface area contributed by atoms with Crippen molar-refractivity contribution in [3.63, 3.8) is 0 Å². The van der Waals surface area contributed by atoms with E-state index in [0.29, 0.717) is 28.6 Å². The molecule has 0 aliphatic carbocycles. The van der Waals surface area contributed by atoms with Gasteiger partial charge in [0.25, 0.3) is 5.91 Å². The van der Waals surface area contributed by atoms with Gasteiger partial charge in [-0.05, 0) is 43.7 Å². The fourth-order valence-electron chi connectivity index (χ4n) is 2.71. The minimum Gasteiger partial charge on any atom is -0.484 e. The highest BCUT2D eigenvalue weighted by molar-refractivity contribution is 6.42. The maximum absolute atomic E-state index is 12.7. The first-order chi connectivity index (χ1) is 14.6. The van der Waals surface area contributed by atoms with Gasteiger partial charge in [-0.15, -0.1) is 0 Å². The Hall–Kier alpha value is -2.65. The molecular weight excluding hydrogens is 458 g/mol. The third-order valence-electron chi connectivity index (χ3n) is 4.28. The number of carbonyl (C=O) groups excluding carboxylic acids is 1. The van der Waals surface area contributed by atoms with E-state index in [0.717, 1.165) is 6.07 Å². The molecule has 3 aromatic rings. The normalized spacial score (nSPS) is 11.5. The first kappa shape index (κ1) is 23.0. The molecule has 1 amide bonds. The summed E-state index contributed by atoms with van der Waals surface area (Å²) in [6.07, 6.45) is -4.08. The highest BCUT2D eigenvalue weighted by Crippen LogP contribution is 2.32. The molecule has 0 spiro atoms. The van der Waals surface area contributed by atoms with Crippen molar-refractivity contribution in [3.8, 4) is 5.75 Å². The van der Waals surface area contributed by atoms with E-state index < -0.39 is 17.8 Å². The van der Waals surface area contributed by atoms with Crippen LogP contribution in [0.3, 0.4) is 0 Å². The number of nitrogens with zero attached hydrogens (tertiary/aromatic N) is 2. The molecule has 0 atom stereocenters. The molecule has 31 heavy (non-hydrogen) atoms. The molecule has 1 aromatic carbocycles. The standard InChI is InChI=1S/C20H18Cl2F3N3O3/c1-12-10-17(20(23,24)25)27-28(12)9-3-8-26-19(29)16-7-6-13(31-16)11-30-15-5-2-4-14(21)18(15)22/h2,4-7,10H,3,8-9,11H2,1H3,(H,26,29). The first-order valence-electron chi connectivity index (χ1n) is 9.20. The molecule has 1 N–H and O–H groups in total. The third kappa shape index (κ3) is 5.95. The Labute approximate surface area is 185 Å². The highest BCUT2D eigenvalue weighted by atomic mass is 35.5. The Morgan fingerprint density at radius 3 is 2.74 bits per heavy atom. The number of aromatic nitrogens is 2. The lowest BCUT2D eigenvalue weighted by Gasteiger charge is -2.07. The van der Waals surface area contributed by atoms with Gasteiger partial charge in [0.1, 0.15) is 23.1 Å². The van der Waals surface area contributed by atoms with Gasteiger partial charge in [-0.1, -0.05) is 29.3 Å². The number of nitrogens with one attached hydrogen (secondary N) is 1. The number of rotatable bonds is 8. The summed E-state index contributed by atoms with van der Waals surface area (Å²) < 4.78 is 50.3. The number of furan rings is 1. The minimum atomic E-state index is -4.48. The van der Waals surface area contributed by atoms with Gasteiger partial charge < -0.3 is 14.5 Å². The van der Waals surface area contributed by atoms with Crippen molar-refractivity contribution >= 4 is 29.1 Å². The number of hydrogen-bond donors (Lipinski definition) is 1. The average Bonchev–Trinajstić information content (AvgIpc) is 3.33. The number of benzene rings is 1. The van der Waals surface area contributed by atoms with Crippen LogP contribution in [0.15, 0.2) is 40.8 Å². The molecule has 0 saturated carbocycles. The molecule has 11 heteroatoms. The van der Waals surface area contributed by atoms with Crippen LogP contribution >= 0.6 is 23.2 Å². The fraction of sp³-hybridized carbons (Fsp3) is 0.300. The van der Waals surface area contributed by atoms with Crippen molar-refractivity contribution in [1.29, 1.82) is 0 Å². The second-order valence-electron chi connectivity index (χ2n) is 6.61. The smallest absolute Gasteiger partial charge is 0.435 e. The second kappa shape index (κ2) is 9.65. The molecule has 2 aromatic heterocycles. The number of ether oxygens (including phenoxy) is 1. The monoisotopic (exact) mass is 475 g/mol. The van der Waals surface area contributed by atoms with Crippen molar-refractivity contribution in [2.24, 2.45) is 0 Å². The molecule has 2 heterocycles. The molecular formula is C20H18Cl2F3N3O3. The molecule has 0 radical (unpaired) electrons. The Morgan fingerprint density at radius 2 is 2.03 bits per heavy atom. The lowest BCUT2D eigenvalue weighted by Crippen LogP contribution is -2.25. The predicted molar refractivity (Wildman–Crippen MR) is 108 cm³/mol. The Morgan fingerprint density at radius 1 is 1.26 bits per heavy atom. The van der Waals surface area contributed by atoms with E-state index in [-0.39, 0.29) is 30.5 Å². The second-order valence-corrected chi connectivity index (χ2v) is 7.39. The molecule has 0 fully saturated rings. The molecule has 3 rings (SSSR count). The van der Waals surface area contributed by atoms with Crippen LogP contribution in [-0.4, -0.2) is 22.2 Å². The Kier molecular flexibility index (Phi) is 7.17. The fourth-order valence-corrected chi connectivity index (χ4v) is 3.06. The summed E-state index contributed by atoms with van der Waals surface area (Å²) in [5.74, 6) is 0.442. The zero-order valence-corrected chi connectivity index (χ0v) is 17.8. The van der Waals surface area contributed by atoms with Gasteiger partial charge in [0.05, 0.1) is 5.02 Å². The van der Waals surface area contributed by atoms with E-state index in [1.54, 1.807) is 31.2 Å². The van der Waals surface area contributed by atoms with Crippen LogP contribution in [0.4, 0.5) is 13.2 Å². The van der Waals surface area contributed by atoms with Crippen molar-refractivity contribution in [2.45, 2.75) is 32.7 Å². The quantitative estimate of drug-likeness (QED) is 0.436. The van der Waals surface area contributed by atoms with Gasteiger partial charge in [-0.3, -0.25) is 9.48 Å². The van der Waals surface area contributed by atoms with Crippen LogP contribution in [0.25, 0.3) is 0 Å². The molecule has 0 aliphatic rings. The van der Waals surface area contributed by atoms with Crippen molar-refractivity contribution in [3.05, 3.63) is 69.4 Å². The van der Waals surface area contributed by atoms with Crippen LogP contribution in [-0.2, 0) is 19.3 Å². The van der Waals surface area contributed by atoms with Crippen molar-refractivity contribution < 1.29 is 27.1 Å². The van der Waals surface area contributed by atoms with Crippen LogP contribution in [0.1, 0.15) is 34.1 Å². The largest absolute Gasteiger partial charge is 0.484 e. The van der Waals surface area contributed by atoms with Crippen LogP contribution in [0, 0.1) is 6.92 Å². The molecule has 0 aliphatic heterocycles. The zero-order chi connectivity index (χ0) is 22.6. The highest BCUT2D eigenvalue weighted by Gasteiger charge is 2.34. The predicted octanol–water partition coefficient (Wildman–Crippen LogP) is 5.51. The average molecular weight is 476 g/mol. The number of hydrogen-bond acceptors (Lipinski definition) is 4. The number of halogens is 5. The van der Waals surface area contributed by atoms with Crippen molar-refractivity contribution in [1.82, 2.24) is 15.1 Å². The maximum Gasteiger partial charge on any atom is 0.435 e. The summed E-state index contributed by atoms with van der Waals surface area (Å²) in [7, 11) is 0. The molecule has 6 nitrogen and oxygen atoms in total. The van der Waals surface area contributed by atoms with E-state index in [9.17, 15) is 18.0 Å². The van der Waals surface area contributed by atoms with Gasteiger partial charge >= 0.3 is 6.18 Å². The molecule has 0 bridgehead atoms. The number of aryl methyl sites for hydroxylation is 2. The van der Waals surface area contributed by atoms with Gasteiger partial charge in [0, 0.05) is 18.8 Å². The Bertz CT molecular complexity index is 1060. The van der Waals surface area contributed by atoms with Crippen LogP contribution in [0.5, 0.6) is 5.75 Å². The minimum absolute atomic E-state index is 0.0491. The summed E-state index contributed by atoms with van der Waals surface area (Å²) in [6.45, 7) is 2.07. The van der Waals surface area contributed by atoms with Gasteiger partial charge in [-0.2, -0.15) is 18.3 Å².